The van der Waals surface area contributed by atoms with E-state index in [1.54, 1.807) is 0 Å². The van der Waals surface area contributed by atoms with E-state index < -0.39 is 0 Å². The number of halogens is 2. The normalized spacial score (nSPS) is 32.1. The molecule has 3 atom stereocenters. The minimum Gasteiger partial charge on any atom is -0.390 e. The van der Waals surface area contributed by atoms with Crippen LogP contribution in [-0.2, 0) is 10.2 Å². The quantitative estimate of drug-likeness (QED) is 0.474. The fraction of sp³-hybridized carbons (Fsp3) is 0.593. The number of hydrogen-bond acceptors (Lipinski definition) is 6. The molecule has 3 saturated carbocycles. The molecule has 192 valence electrons. The van der Waals surface area contributed by atoms with Crippen LogP contribution in [0.3, 0.4) is 0 Å². The Morgan fingerprint density at radius 2 is 1.89 bits per heavy atom. The maximum atomic E-state index is 15.0. The Hall–Kier alpha value is -2.29. The van der Waals surface area contributed by atoms with Crippen LogP contribution >= 0.6 is 11.6 Å². The molecule has 0 spiro atoms. The van der Waals surface area contributed by atoms with E-state index in [1.807, 2.05) is 6.07 Å². The van der Waals surface area contributed by atoms with Gasteiger partial charge in [0.25, 0.3) is 0 Å². The maximum Gasteiger partial charge on any atom is 0.220 e. The van der Waals surface area contributed by atoms with Crippen LogP contribution in [0.2, 0.25) is 5.02 Å². The third-order valence-corrected chi connectivity index (χ3v) is 8.70. The molecule has 5 fully saturated rings. The van der Waals surface area contributed by atoms with Gasteiger partial charge in [0.15, 0.2) is 5.82 Å². The third-order valence-electron chi connectivity index (χ3n) is 8.43. The first-order chi connectivity index (χ1) is 17.1. The lowest BCUT2D eigenvalue weighted by Crippen LogP contribution is -2.63. The number of nitrogens with zero attached hydrogens (tertiary/aromatic N) is 4. The van der Waals surface area contributed by atoms with Gasteiger partial charge in [-0.1, -0.05) is 18.5 Å². The predicted molar refractivity (Wildman–Crippen MR) is 137 cm³/mol. The zero-order chi connectivity index (χ0) is 25.4. The zero-order valence-corrected chi connectivity index (χ0v) is 21.7. The molecule has 7 nitrogen and oxygen atoms in total. The van der Waals surface area contributed by atoms with E-state index in [9.17, 15) is 5.11 Å². The van der Waals surface area contributed by atoms with Gasteiger partial charge in [0.1, 0.15) is 11.3 Å². The summed E-state index contributed by atoms with van der Waals surface area (Å²) in [5.74, 6) is 0.754. The molecular formula is C27H33ClFN5O2. The summed E-state index contributed by atoms with van der Waals surface area (Å²) in [6.45, 7) is 6.54. The van der Waals surface area contributed by atoms with Crippen LogP contribution in [0.4, 0.5) is 10.3 Å². The predicted octanol–water partition coefficient (Wildman–Crippen LogP) is 5.58. The summed E-state index contributed by atoms with van der Waals surface area (Å²) in [6, 6.07) is 3.52. The monoisotopic (exact) mass is 513 g/mol. The van der Waals surface area contributed by atoms with Crippen molar-refractivity contribution in [2.75, 3.05) is 5.73 Å². The number of aliphatic hydroxyl groups excluding tert-OH is 1. The first-order valence-corrected chi connectivity index (χ1v) is 13.3. The highest BCUT2D eigenvalue weighted by molar-refractivity contribution is 6.33. The highest BCUT2D eigenvalue weighted by atomic mass is 35.5. The summed E-state index contributed by atoms with van der Waals surface area (Å²) in [6.07, 6.45) is 9.62. The van der Waals surface area contributed by atoms with Crippen molar-refractivity contribution in [2.24, 2.45) is 5.41 Å². The molecule has 3 N–H and O–H groups in total. The molecule has 0 radical (unpaired) electrons. The van der Waals surface area contributed by atoms with Gasteiger partial charge in [-0.05, 0) is 76.3 Å². The van der Waals surface area contributed by atoms with Crippen molar-refractivity contribution in [2.45, 2.75) is 95.5 Å². The van der Waals surface area contributed by atoms with Gasteiger partial charge in [-0.25, -0.2) is 19.3 Å². The van der Waals surface area contributed by atoms with Crippen LogP contribution in [0.1, 0.15) is 77.6 Å². The Bertz CT molecular complexity index is 1320. The molecular weight excluding hydrogens is 481 g/mol. The average molecular weight is 514 g/mol. The molecule has 3 aliphatic carbocycles. The Labute approximate surface area is 215 Å². The zero-order valence-electron chi connectivity index (χ0n) is 21.0. The van der Waals surface area contributed by atoms with Crippen LogP contribution < -0.4 is 5.73 Å². The van der Waals surface area contributed by atoms with Gasteiger partial charge in [0, 0.05) is 17.0 Å². The third kappa shape index (κ3) is 3.80. The van der Waals surface area contributed by atoms with Crippen molar-refractivity contribution in [3.05, 3.63) is 35.0 Å². The van der Waals surface area contributed by atoms with E-state index in [-0.39, 0.29) is 35.4 Å². The van der Waals surface area contributed by atoms with Gasteiger partial charge in [0.05, 0.1) is 40.7 Å². The summed E-state index contributed by atoms with van der Waals surface area (Å²) in [4.78, 5) is 12.9. The molecule has 5 aliphatic rings. The van der Waals surface area contributed by atoms with Gasteiger partial charge in [-0.3, -0.25) is 0 Å². The highest BCUT2D eigenvalue weighted by Gasteiger charge is 2.67. The molecule has 2 unspecified atom stereocenters. The number of anilines is 1. The van der Waals surface area contributed by atoms with Crippen LogP contribution in [-0.4, -0.2) is 42.9 Å². The van der Waals surface area contributed by atoms with Crippen LogP contribution in [0.5, 0.6) is 0 Å². The second-order valence-corrected chi connectivity index (χ2v) is 12.2. The molecule has 9 heteroatoms. The number of ether oxygens (including phenoxy) is 1. The summed E-state index contributed by atoms with van der Waals surface area (Å²) in [7, 11) is 0. The van der Waals surface area contributed by atoms with Crippen molar-refractivity contribution in [1.82, 2.24) is 19.5 Å². The number of benzene rings is 1. The number of aliphatic hydroxyl groups is 1. The van der Waals surface area contributed by atoms with E-state index in [1.165, 1.54) is 18.7 Å². The van der Waals surface area contributed by atoms with E-state index in [4.69, 9.17) is 27.1 Å². The Morgan fingerprint density at radius 1 is 1.17 bits per heavy atom. The second-order valence-electron chi connectivity index (χ2n) is 11.8. The molecule has 8 rings (SSSR count). The minimum absolute atomic E-state index is 0.107. The summed E-state index contributed by atoms with van der Waals surface area (Å²) in [5.41, 5.74) is 8.47. The number of nitrogens with two attached hydrogens (primary N) is 1. The van der Waals surface area contributed by atoms with Crippen LogP contribution in [0.25, 0.3) is 22.3 Å². The highest BCUT2D eigenvalue weighted by Crippen LogP contribution is 2.73. The van der Waals surface area contributed by atoms with Crippen molar-refractivity contribution in [3.8, 4) is 11.3 Å². The van der Waals surface area contributed by atoms with E-state index >= 15 is 4.39 Å². The minimum atomic E-state index is -0.366. The van der Waals surface area contributed by atoms with E-state index in [0.717, 1.165) is 49.9 Å². The maximum absolute atomic E-state index is 15.0. The number of nitrogen functional groups attached to an aromatic ring is 1. The smallest absolute Gasteiger partial charge is 0.220 e. The number of hydrogen-bond donors (Lipinski definition) is 2. The summed E-state index contributed by atoms with van der Waals surface area (Å²) >= 11 is 6.24. The average Bonchev–Trinajstić information content (AvgIpc) is 3.38. The van der Waals surface area contributed by atoms with Crippen LogP contribution in [0.15, 0.2) is 18.3 Å². The van der Waals surface area contributed by atoms with E-state index in [2.05, 4.69) is 35.3 Å². The largest absolute Gasteiger partial charge is 0.390 e. The lowest BCUT2D eigenvalue weighted by Gasteiger charge is -2.69. The lowest BCUT2D eigenvalue weighted by atomic mass is 9.35. The van der Waals surface area contributed by atoms with Gasteiger partial charge >= 0.3 is 0 Å². The van der Waals surface area contributed by atoms with Gasteiger partial charge in [-0.2, -0.15) is 0 Å². The lowest BCUT2D eigenvalue weighted by molar-refractivity contribution is -0.132. The van der Waals surface area contributed by atoms with Gasteiger partial charge < -0.3 is 20.1 Å². The fourth-order valence-electron chi connectivity index (χ4n) is 7.07. The first kappa shape index (κ1) is 24.1. The number of aromatic nitrogens is 4. The van der Waals surface area contributed by atoms with Crippen molar-refractivity contribution in [3.63, 3.8) is 0 Å². The van der Waals surface area contributed by atoms with E-state index in [0.29, 0.717) is 33.3 Å². The first-order valence-electron chi connectivity index (χ1n) is 12.9. The van der Waals surface area contributed by atoms with Crippen molar-refractivity contribution in [1.29, 1.82) is 0 Å². The van der Waals surface area contributed by atoms with Gasteiger partial charge in [0.2, 0.25) is 5.95 Å². The summed E-state index contributed by atoms with van der Waals surface area (Å²) < 4.78 is 22.7. The molecule has 4 heterocycles. The molecule has 2 saturated heterocycles. The second kappa shape index (κ2) is 8.36. The SMILES string of the molecule is CC(C)n1c(C23CC(C)(C2)C3)nc2c(F)cc(-c3nc(N)ncc3Cl)cc21.OC1CC[C@H]2CCC1O2. The number of rotatable bonds is 3. The number of imidazole rings is 1. The Balaban J connectivity index is 0.000000223. The number of fused-ring (bicyclic) bond motifs is 3. The molecule has 36 heavy (non-hydrogen) atoms. The summed E-state index contributed by atoms with van der Waals surface area (Å²) in [5, 5.41) is 9.61. The standard InChI is InChI=1S/C20H21ClFN5.C7H12O2/c1-10(2)27-14-5-11(15-12(21)6-24-18(23)26-15)4-13(22)16(14)25-17(27)20-7-19(3,8-20)9-20;8-6-3-1-5-2-4-7(6)9-5/h4-6,10H,7-9H2,1-3H3,(H2,23,24,26);5-8H,1-4H2/t;5-,6?,7?/m.0/s1. The molecule has 2 aliphatic heterocycles. The van der Waals surface area contributed by atoms with Crippen molar-refractivity contribution < 1.29 is 14.2 Å². The fourth-order valence-corrected chi connectivity index (χ4v) is 7.27. The Morgan fingerprint density at radius 3 is 2.56 bits per heavy atom. The molecule has 0 amide bonds. The Kier molecular flexibility index (Phi) is 5.59. The van der Waals surface area contributed by atoms with Crippen molar-refractivity contribution >= 4 is 28.6 Å². The van der Waals surface area contributed by atoms with Crippen LogP contribution in [0, 0.1) is 11.2 Å². The molecule has 4 bridgehead atoms. The molecule has 1 aromatic carbocycles. The topological polar surface area (TPSA) is 99.1 Å². The molecule has 2 aromatic heterocycles. The molecule has 3 aromatic rings. The van der Waals surface area contributed by atoms with Gasteiger partial charge in [-0.15, -0.1) is 0 Å².